The molecule has 14 heteroatoms. The second-order valence-corrected chi connectivity index (χ2v) is 10.3. The summed E-state index contributed by atoms with van der Waals surface area (Å²) in [5.74, 6) is -1.65. The Kier molecular flexibility index (Phi) is 7.48. The van der Waals surface area contributed by atoms with E-state index in [0.717, 1.165) is 12.8 Å². The number of carbonyl (C=O) groups is 4. The Balaban J connectivity index is 0.00000274. The Morgan fingerprint density at radius 1 is 1.35 bits per heavy atom. The number of amides is 3. The first kappa shape index (κ1) is 25.3. The summed E-state index contributed by atoms with van der Waals surface area (Å²) in [6.07, 6.45) is 5.80. The van der Waals surface area contributed by atoms with E-state index in [0.29, 0.717) is 41.1 Å². The molecule has 0 unspecified atom stereocenters. The number of hydrogen-bond donors (Lipinski definition) is 2. The molecule has 3 fully saturated rings. The number of nitrogens with one attached hydrogen (secondary N) is 1. The fourth-order valence-corrected chi connectivity index (χ4v) is 6.22. The molecule has 34 heavy (non-hydrogen) atoms. The van der Waals surface area contributed by atoms with Gasteiger partial charge in [-0.15, -0.1) is 22.0 Å². The van der Waals surface area contributed by atoms with Crippen LogP contribution < -0.4 is 5.32 Å². The van der Waals surface area contributed by atoms with Gasteiger partial charge in [0.2, 0.25) is 11.8 Å². The van der Waals surface area contributed by atoms with E-state index in [1.54, 1.807) is 17.7 Å². The second-order valence-electron chi connectivity index (χ2n) is 8.30. The van der Waals surface area contributed by atoms with Gasteiger partial charge in [0.05, 0.1) is 5.75 Å². The number of carboxylic acid groups (broad SMARTS) is 1. The molecule has 11 nitrogen and oxygen atoms in total. The summed E-state index contributed by atoms with van der Waals surface area (Å²) in [5, 5.41) is 20.3. The van der Waals surface area contributed by atoms with E-state index in [-0.39, 0.29) is 52.8 Å². The average Bonchev–Trinajstić information content (AvgIpc) is 3.45. The summed E-state index contributed by atoms with van der Waals surface area (Å²) in [6, 6.07) is -0.473. The van der Waals surface area contributed by atoms with Gasteiger partial charge in [0, 0.05) is 31.0 Å². The van der Waals surface area contributed by atoms with E-state index < -0.39 is 23.3 Å². The van der Waals surface area contributed by atoms with Crippen molar-refractivity contribution >= 4 is 76.8 Å². The zero-order valence-electron chi connectivity index (χ0n) is 17.8. The molecular weight excluding hydrogens is 491 g/mol. The van der Waals surface area contributed by atoms with Crippen molar-refractivity contribution in [3.05, 3.63) is 29.2 Å². The SMILES string of the molecule is Cn1cnnc1SCC(=O)N[C@@H]1C(=O)N2C(C(=O)O)=C(/C=C3\CCN(C4CC4)C3=O)CS[C@H]12.[NaH]. The minimum absolute atomic E-state index is 0. The van der Waals surface area contributed by atoms with Gasteiger partial charge in [0.1, 0.15) is 23.4 Å². The van der Waals surface area contributed by atoms with E-state index >= 15 is 0 Å². The van der Waals surface area contributed by atoms with Crippen LogP contribution in [0.2, 0.25) is 0 Å². The zero-order valence-corrected chi connectivity index (χ0v) is 19.4. The summed E-state index contributed by atoms with van der Waals surface area (Å²) in [6.45, 7) is 0.657. The Morgan fingerprint density at radius 2 is 2.12 bits per heavy atom. The van der Waals surface area contributed by atoms with Crippen LogP contribution in [-0.4, -0.2) is 118 Å². The fraction of sp³-hybridized carbons (Fsp3) is 0.500. The number of carbonyl (C=O) groups excluding carboxylic acids is 3. The topological polar surface area (TPSA) is 138 Å². The summed E-state index contributed by atoms with van der Waals surface area (Å²) >= 11 is 2.58. The standard InChI is InChI=1S/C20H22N6O5S2.Na.H/c1-24-9-21-23-20(24)33-8-13(27)22-14-17(29)26-15(19(30)31)11(7-32-18(14)26)6-10-4-5-25(16(10)28)12-2-3-12;;/h6,9,12,14,18H,2-5,7-8H2,1H3,(H,22,27)(H,30,31);;/b10-6+;;/t14-,18-;;/m1../s1. The number of likely N-dealkylation sites (tertiary alicyclic amines) is 1. The molecular formula is C20H23N6NaO5S2. The van der Waals surface area contributed by atoms with Crippen LogP contribution in [0.5, 0.6) is 0 Å². The molecule has 4 heterocycles. The minimum atomic E-state index is -1.22. The second kappa shape index (κ2) is 10.1. The van der Waals surface area contributed by atoms with E-state index in [4.69, 9.17) is 0 Å². The average molecular weight is 515 g/mol. The number of nitrogens with zero attached hydrogens (tertiary/aromatic N) is 5. The molecule has 0 spiro atoms. The predicted octanol–water partition coefficient (Wildman–Crippen LogP) is -0.682. The first-order chi connectivity index (χ1) is 15.8. The number of hydrogen-bond acceptors (Lipinski definition) is 8. The van der Waals surface area contributed by atoms with Gasteiger partial charge in [-0.3, -0.25) is 19.3 Å². The summed E-state index contributed by atoms with van der Waals surface area (Å²) in [7, 11) is 1.77. The van der Waals surface area contributed by atoms with Crippen molar-refractivity contribution in [3.63, 3.8) is 0 Å². The molecule has 0 bridgehead atoms. The summed E-state index contributed by atoms with van der Waals surface area (Å²) < 4.78 is 1.68. The third-order valence-corrected chi connectivity index (χ3v) is 8.35. The molecule has 5 rings (SSSR count). The van der Waals surface area contributed by atoms with Crippen LogP contribution in [-0.2, 0) is 26.2 Å². The predicted molar refractivity (Wildman–Crippen MR) is 126 cm³/mol. The number of aromatic nitrogens is 3. The number of fused-ring (bicyclic) bond motifs is 1. The first-order valence-corrected chi connectivity index (χ1v) is 12.6. The van der Waals surface area contributed by atoms with Crippen molar-refractivity contribution in [1.29, 1.82) is 0 Å². The quantitative estimate of drug-likeness (QED) is 0.210. The number of thioether (sulfide) groups is 2. The van der Waals surface area contributed by atoms with Gasteiger partial charge in [-0.1, -0.05) is 11.8 Å². The first-order valence-electron chi connectivity index (χ1n) is 10.5. The Bertz CT molecular complexity index is 1120. The molecule has 4 aliphatic rings. The van der Waals surface area contributed by atoms with Crippen LogP contribution in [0.15, 0.2) is 34.4 Å². The third kappa shape index (κ3) is 4.68. The number of aryl methyl sites for hydroxylation is 1. The number of β-lactam (4-membered cyclic amide) rings is 1. The van der Waals surface area contributed by atoms with Gasteiger partial charge in [0.15, 0.2) is 5.16 Å². The van der Waals surface area contributed by atoms with Crippen LogP contribution in [0.1, 0.15) is 19.3 Å². The molecule has 1 aliphatic carbocycles. The van der Waals surface area contributed by atoms with E-state index in [9.17, 15) is 24.3 Å². The Labute approximate surface area is 226 Å². The van der Waals surface area contributed by atoms with E-state index in [2.05, 4.69) is 15.5 Å². The van der Waals surface area contributed by atoms with E-state index in [1.165, 1.54) is 34.8 Å². The van der Waals surface area contributed by atoms with Crippen molar-refractivity contribution in [2.24, 2.45) is 7.05 Å². The molecule has 1 aromatic heterocycles. The molecule has 0 aromatic carbocycles. The molecule has 2 saturated heterocycles. The van der Waals surface area contributed by atoms with Crippen LogP contribution >= 0.6 is 23.5 Å². The molecule has 1 aromatic rings. The van der Waals surface area contributed by atoms with Gasteiger partial charge >= 0.3 is 35.5 Å². The molecule has 3 aliphatic heterocycles. The number of rotatable bonds is 7. The fourth-order valence-electron chi connectivity index (χ4n) is 4.22. The summed E-state index contributed by atoms with van der Waals surface area (Å²) in [4.78, 5) is 52.9. The molecule has 176 valence electrons. The van der Waals surface area contributed by atoms with Crippen molar-refractivity contribution in [2.45, 2.75) is 41.9 Å². The van der Waals surface area contributed by atoms with E-state index in [1.807, 2.05) is 4.90 Å². The van der Waals surface area contributed by atoms with Gasteiger partial charge in [-0.25, -0.2) is 4.79 Å². The van der Waals surface area contributed by atoms with Gasteiger partial charge in [-0.05, 0) is 30.9 Å². The van der Waals surface area contributed by atoms with Crippen molar-refractivity contribution in [1.82, 2.24) is 29.9 Å². The molecule has 3 amide bonds. The van der Waals surface area contributed by atoms with Gasteiger partial charge < -0.3 is 19.9 Å². The van der Waals surface area contributed by atoms with Gasteiger partial charge in [-0.2, -0.15) is 0 Å². The molecule has 2 atom stereocenters. The normalized spacial score (nSPS) is 25.3. The maximum atomic E-state index is 12.8. The number of carboxylic acids is 1. The van der Waals surface area contributed by atoms with Crippen LogP contribution in [0.3, 0.4) is 0 Å². The number of aliphatic carboxylic acids is 1. The Hall–Kier alpha value is -1.80. The number of allylic oxidation sites excluding steroid dienone is 1. The van der Waals surface area contributed by atoms with Crippen LogP contribution in [0.25, 0.3) is 0 Å². The monoisotopic (exact) mass is 514 g/mol. The molecule has 0 radical (unpaired) electrons. The Morgan fingerprint density at radius 3 is 2.76 bits per heavy atom. The van der Waals surface area contributed by atoms with Crippen molar-refractivity contribution < 1.29 is 24.3 Å². The summed E-state index contributed by atoms with van der Waals surface area (Å²) in [5.41, 5.74) is 0.946. The van der Waals surface area contributed by atoms with Crippen molar-refractivity contribution in [3.8, 4) is 0 Å². The van der Waals surface area contributed by atoms with Gasteiger partial charge in [0.25, 0.3) is 5.91 Å². The van der Waals surface area contributed by atoms with Crippen LogP contribution in [0.4, 0.5) is 0 Å². The molecule has 2 N–H and O–H groups in total. The van der Waals surface area contributed by atoms with Crippen molar-refractivity contribution in [2.75, 3.05) is 18.1 Å². The molecule has 1 saturated carbocycles. The zero-order chi connectivity index (χ0) is 23.3. The van der Waals surface area contributed by atoms with Crippen LogP contribution in [0, 0.1) is 0 Å². The maximum absolute atomic E-state index is 12.8. The third-order valence-electron chi connectivity index (χ3n) is 6.01.